The molecule has 21 heavy (non-hydrogen) atoms. The highest BCUT2D eigenvalue weighted by Gasteiger charge is 2.33. The van der Waals surface area contributed by atoms with Gasteiger partial charge in [-0.1, -0.05) is 11.6 Å². The van der Waals surface area contributed by atoms with Gasteiger partial charge in [0.25, 0.3) is 11.8 Å². The monoisotopic (exact) mass is 324 g/mol. The number of primary amides is 1. The second-order valence-corrected chi connectivity index (χ2v) is 4.92. The molecule has 4 N–H and O–H groups in total. The van der Waals surface area contributed by atoms with Gasteiger partial charge in [0, 0.05) is 5.69 Å². The average Bonchev–Trinajstić information content (AvgIpc) is 2.28. The summed E-state index contributed by atoms with van der Waals surface area (Å²) in [6.07, 6.45) is -4.61. The normalized spacial score (nSPS) is 12.8. The van der Waals surface area contributed by atoms with E-state index >= 15 is 0 Å². The molecular formula is C12H14ClF3N3O2+. The first-order valence-corrected chi connectivity index (χ1v) is 6.23. The molecule has 0 aliphatic heterocycles. The van der Waals surface area contributed by atoms with Crippen molar-refractivity contribution in [2.24, 2.45) is 5.73 Å². The molecule has 1 atom stereocenters. The van der Waals surface area contributed by atoms with Gasteiger partial charge in [-0.25, -0.2) is 0 Å². The maximum atomic E-state index is 12.7. The van der Waals surface area contributed by atoms with Gasteiger partial charge in [0.1, 0.15) is 0 Å². The SMILES string of the molecule is C[NH+](CC(N)=O)CC(=O)Nc1ccc(Cl)c(C(F)(F)F)c1. The number of halogens is 4. The van der Waals surface area contributed by atoms with Gasteiger partial charge < -0.3 is 16.0 Å². The minimum Gasteiger partial charge on any atom is -0.365 e. The van der Waals surface area contributed by atoms with Crippen LogP contribution >= 0.6 is 11.6 Å². The number of carbonyl (C=O) groups excluding carboxylic acids is 2. The maximum absolute atomic E-state index is 12.7. The summed E-state index contributed by atoms with van der Waals surface area (Å²) < 4.78 is 38.0. The average molecular weight is 325 g/mol. The number of carbonyl (C=O) groups is 2. The molecule has 0 radical (unpaired) electrons. The topological polar surface area (TPSA) is 76.6 Å². The van der Waals surface area contributed by atoms with Crippen molar-refractivity contribution in [3.63, 3.8) is 0 Å². The Bertz CT molecular complexity index is 549. The van der Waals surface area contributed by atoms with Crippen LogP contribution in [-0.4, -0.2) is 32.0 Å². The zero-order valence-electron chi connectivity index (χ0n) is 11.1. The van der Waals surface area contributed by atoms with Crippen molar-refractivity contribution in [1.29, 1.82) is 0 Å². The van der Waals surface area contributed by atoms with E-state index < -0.39 is 28.6 Å². The van der Waals surface area contributed by atoms with Crippen LogP contribution in [0.4, 0.5) is 18.9 Å². The smallest absolute Gasteiger partial charge is 0.365 e. The van der Waals surface area contributed by atoms with E-state index in [9.17, 15) is 22.8 Å². The Morgan fingerprint density at radius 2 is 1.95 bits per heavy atom. The maximum Gasteiger partial charge on any atom is 0.417 e. The van der Waals surface area contributed by atoms with Crippen LogP contribution in [0.1, 0.15) is 5.56 Å². The number of benzene rings is 1. The summed E-state index contributed by atoms with van der Waals surface area (Å²) in [5, 5.41) is 1.87. The number of hydrogen-bond donors (Lipinski definition) is 3. The van der Waals surface area contributed by atoms with Crippen molar-refractivity contribution in [3.05, 3.63) is 28.8 Å². The molecule has 1 rings (SSSR count). The van der Waals surface area contributed by atoms with Gasteiger partial charge >= 0.3 is 6.18 Å². The summed E-state index contributed by atoms with van der Waals surface area (Å²) in [6.45, 7) is -0.158. The Balaban J connectivity index is 2.75. The van der Waals surface area contributed by atoms with E-state index in [-0.39, 0.29) is 18.8 Å². The van der Waals surface area contributed by atoms with Crippen molar-refractivity contribution in [1.82, 2.24) is 0 Å². The lowest BCUT2D eigenvalue weighted by Crippen LogP contribution is -3.11. The summed E-state index contributed by atoms with van der Waals surface area (Å²) >= 11 is 5.47. The Morgan fingerprint density at radius 3 is 2.48 bits per heavy atom. The molecule has 1 aromatic rings. The predicted molar refractivity (Wildman–Crippen MR) is 70.9 cm³/mol. The summed E-state index contributed by atoms with van der Waals surface area (Å²) in [7, 11) is 1.56. The number of anilines is 1. The molecule has 0 aromatic heterocycles. The minimum atomic E-state index is -4.61. The lowest BCUT2D eigenvalue weighted by Gasteiger charge is -2.13. The molecule has 0 bridgehead atoms. The van der Waals surface area contributed by atoms with Gasteiger partial charge in [0.05, 0.1) is 17.6 Å². The molecule has 0 aliphatic carbocycles. The zero-order chi connectivity index (χ0) is 16.2. The standard InChI is InChI=1S/C12H13ClF3N3O2/c1-19(5-10(17)20)6-11(21)18-7-2-3-9(13)8(4-7)12(14,15)16/h2-4H,5-6H2,1H3,(H2,17,20)(H,18,21)/p+1. The van der Waals surface area contributed by atoms with Gasteiger partial charge in [-0.3, -0.25) is 9.59 Å². The van der Waals surface area contributed by atoms with Crippen molar-refractivity contribution in [2.75, 3.05) is 25.5 Å². The van der Waals surface area contributed by atoms with Crippen molar-refractivity contribution in [3.8, 4) is 0 Å². The third-order valence-electron chi connectivity index (χ3n) is 2.49. The van der Waals surface area contributed by atoms with E-state index in [4.69, 9.17) is 17.3 Å². The molecule has 9 heteroatoms. The van der Waals surface area contributed by atoms with Crippen molar-refractivity contribution >= 4 is 29.1 Å². The first-order chi connectivity index (χ1) is 9.59. The Labute approximate surface area is 123 Å². The number of rotatable bonds is 5. The molecule has 5 nitrogen and oxygen atoms in total. The van der Waals surface area contributed by atoms with Crippen LogP contribution < -0.4 is 16.0 Å². The molecule has 2 amide bonds. The lowest BCUT2D eigenvalue weighted by atomic mass is 10.2. The molecule has 1 unspecified atom stereocenters. The fraction of sp³-hybridized carbons (Fsp3) is 0.333. The highest BCUT2D eigenvalue weighted by molar-refractivity contribution is 6.31. The summed E-state index contributed by atoms with van der Waals surface area (Å²) in [5.41, 5.74) is 3.92. The molecule has 0 fully saturated rings. The van der Waals surface area contributed by atoms with Gasteiger partial charge in [-0.15, -0.1) is 0 Å². The largest absolute Gasteiger partial charge is 0.417 e. The third kappa shape index (κ3) is 5.60. The predicted octanol–water partition coefficient (Wildman–Crippen LogP) is 0.297. The van der Waals surface area contributed by atoms with Crippen LogP contribution in [0.2, 0.25) is 5.02 Å². The van der Waals surface area contributed by atoms with Gasteiger partial charge in [-0.05, 0) is 18.2 Å². The Hall–Kier alpha value is -1.80. The molecule has 0 saturated heterocycles. The van der Waals surface area contributed by atoms with Crippen LogP contribution in [-0.2, 0) is 15.8 Å². The number of hydrogen-bond acceptors (Lipinski definition) is 2. The van der Waals surface area contributed by atoms with E-state index in [1.165, 1.54) is 6.07 Å². The first-order valence-electron chi connectivity index (χ1n) is 5.86. The number of nitrogens with two attached hydrogens (primary N) is 1. The number of nitrogens with one attached hydrogen (secondary N) is 2. The number of amides is 2. The van der Waals surface area contributed by atoms with Gasteiger partial charge in [0.15, 0.2) is 13.1 Å². The second kappa shape index (κ2) is 6.77. The molecule has 0 heterocycles. The van der Waals surface area contributed by atoms with E-state index in [2.05, 4.69) is 5.32 Å². The Morgan fingerprint density at radius 1 is 1.33 bits per heavy atom. The van der Waals surface area contributed by atoms with Crippen LogP contribution in [0, 0.1) is 0 Å². The zero-order valence-corrected chi connectivity index (χ0v) is 11.8. The molecule has 0 spiro atoms. The summed E-state index contributed by atoms with van der Waals surface area (Å²) in [4.78, 5) is 22.8. The minimum absolute atomic E-state index is 0.0244. The van der Waals surface area contributed by atoms with E-state index in [1.807, 2.05) is 0 Å². The highest BCUT2D eigenvalue weighted by atomic mass is 35.5. The highest BCUT2D eigenvalue weighted by Crippen LogP contribution is 2.36. The number of likely N-dealkylation sites (N-methyl/N-ethyl adjacent to an activating group) is 1. The van der Waals surface area contributed by atoms with Gasteiger partial charge in [-0.2, -0.15) is 13.2 Å². The molecule has 116 valence electrons. The van der Waals surface area contributed by atoms with Crippen LogP contribution in [0.5, 0.6) is 0 Å². The first kappa shape index (κ1) is 17.3. The Kier molecular flexibility index (Phi) is 5.56. The molecular weight excluding hydrogens is 311 g/mol. The van der Waals surface area contributed by atoms with Crippen LogP contribution in [0.25, 0.3) is 0 Å². The molecule has 0 saturated carbocycles. The van der Waals surface area contributed by atoms with Crippen molar-refractivity contribution in [2.45, 2.75) is 6.18 Å². The van der Waals surface area contributed by atoms with E-state index in [0.29, 0.717) is 4.90 Å². The molecule has 1 aromatic carbocycles. The summed E-state index contributed by atoms with van der Waals surface area (Å²) in [5.74, 6) is -1.12. The number of quaternary nitrogens is 1. The fourth-order valence-electron chi connectivity index (χ4n) is 1.66. The second-order valence-electron chi connectivity index (χ2n) is 4.52. The van der Waals surface area contributed by atoms with Gasteiger partial charge in [0.2, 0.25) is 0 Å². The van der Waals surface area contributed by atoms with Crippen LogP contribution in [0.3, 0.4) is 0 Å². The lowest BCUT2D eigenvalue weighted by molar-refractivity contribution is -0.862. The van der Waals surface area contributed by atoms with Crippen molar-refractivity contribution < 1.29 is 27.7 Å². The summed E-state index contributed by atoms with van der Waals surface area (Å²) in [6, 6.07) is 3.07. The number of alkyl halides is 3. The van der Waals surface area contributed by atoms with E-state index in [1.54, 1.807) is 7.05 Å². The molecule has 0 aliphatic rings. The third-order valence-corrected chi connectivity index (χ3v) is 2.82. The van der Waals surface area contributed by atoms with E-state index in [0.717, 1.165) is 12.1 Å². The van der Waals surface area contributed by atoms with Crippen LogP contribution in [0.15, 0.2) is 18.2 Å². The fourth-order valence-corrected chi connectivity index (χ4v) is 1.88. The quantitative estimate of drug-likeness (QED) is 0.728.